The van der Waals surface area contributed by atoms with Crippen LogP contribution in [0.2, 0.25) is 5.02 Å². The van der Waals surface area contributed by atoms with Crippen LogP contribution >= 0.6 is 22.9 Å². The highest BCUT2D eigenvalue weighted by atomic mass is 35.5. The Kier molecular flexibility index (Phi) is 9.50. The van der Waals surface area contributed by atoms with Gasteiger partial charge in [-0.1, -0.05) is 17.7 Å². The van der Waals surface area contributed by atoms with E-state index in [0.717, 1.165) is 0 Å². The number of halogens is 2. The zero-order valence-corrected chi connectivity index (χ0v) is 29.2. The monoisotopic (exact) mass is 718 g/mol. The van der Waals surface area contributed by atoms with Crippen LogP contribution < -0.4 is 5.32 Å². The number of carbonyl (C=O) groups excluding carboxylic acids is 2. The first-order chi connectivity index (χ1) is 22.7. The number of rotatable bonds is 8. The number of aromatic nitrogens is 3. The highest BCUT2D eigenvalue weighted by Gasteiger charge is 2.41. The van der Waals surface area contributed by atoms with E-state index in [9.17, 15) is 22.4 Å². The molecule has 1 saturated heterocycles. The molecule has 16 heteroatoms. The van der Waals surface area contributed by atoms with E-state index in [4.69, 9.17) is 26.1 Å². The number of methoxy groups -OCH3 is 1. The van der Waals surface area contributed by atoms with E-state index in [-0.39, 0.29) is 52.4 Å². The van der Waals surface area contributed by atoms with Crippen molar-refractivity contribution in [3.05, 3.63) is 74.9 Å². The zero-order valence-electron chi connectivity index (χ0n) is 26.9. The molecule has 1 atom stereocenters. The predicted molar refractivity (Wildman–Crippen MR) is 176 cm³/mol. The maximum Gasteiger partial charge on any atom is 0.338 e. The summed E-state index contributed by atoms with van der Waals surface area (Å²) in [5.41, 5.74) is 0.621. The smallest absolute Gasteiger partial charge is 0.338 e. The number of piperidine rings is 1. The molecule has 1 N–H and O–H groups in total. The minimum Gasteiger partial charge on any atom is -0.466 e. The van der Waals surface area contributed by atoms with Crippen molar-refractivity contribution in [1.82, 2.24) is 24.4 Å². The Morgan fingerprint density at radius 1 is 1.17 bits per heavy atom. The van der Waals surface area contributed by atoms with Crippen LogP contribution in [0.1, 0.15) is 69.1 Å². The third kappa shape index (κ3) is 6.91. The molecule has 4 heterocycles. The van der Waals surface area contributed by atoms with Crippen LogP contribution in [0.5, 0.6) is 0 Å². The summed E-state index contributed by atoms with van der Waals surface area (Å²) in [6.07, 6.45) is 6.35. The number of hydrogen-bond acceptors (Lipinski definition) is 11. The Hall–Kier alpha value is -3.66. The number of carbonyl (C=O) groups is 2. The number of aliphatic imine (C=N–C) groups is 1. The highest BCUT2D eigenvalue weighted by Crippen LogP contribution is 2.41. The number of allylic oxidation sites excluding steroid dienone is 1. The van der Waals surface area contributed by atoms with E-state index in [0.29, 0.717) is 47.8 Å². The van der Waals surface area contributed by atoms with Crippen molar-refractivity contribution < 1.29 is 31.9 Å². The number of amidine groups is 1. The van der Waals surface area contributed by atoms with Crippen molar-refractivity contribution in [2.45, 2.75) is 69.0 Å². The molecule has 3 aliphatic rings. The van der Waals surface area contributed by atoms with Gasteiger partial charge in [0.25, 0.3) is 0 Å². The highest BCUT2D eigenvalue weighted by molar-refractivity contribution is 7.89. The van der Waals surface area contributed by atoms with E-state index < -0.39 is 33.5 Å². The standard InChI is InChI=1S/C32H36ClFN6O6S2/c1-32(2,3)46-30(41)19-13-21(14-19)40-17-22(16-36-40)48(43,44)39-10-7-18(8-11-39)26-25(31(42)45-4)27(23-6-5-20(34)15-24(23)33)38-28(37-26)29-35-9-12-47-29/h5-6,9,12,15-19,21,27H,7-8,10-11,13-14H2,1-4H3,(H,37,38)/t19-,21-,27?. The van der Waals surface area contributed by atoms with E-state index in [2.05, 4.69) is 15.4 Å². The number of nitrogens with zero attached hydrogens (tertiary/aromatic N) is 5. The molecule has 48 heavy (non-hydrogen) atoms. The molecule has 3 aromatic rings. The lowest BCUT2D eigenvalue weighted by Crippen LogP contribution is -2.43. The second-order valence-electron chi connectivity index (χ2n) is 13.0. The summed E-state index contributed by atoms with van der Waals surface area (Å²) < 4.78 is 55.1. The second kappa shape index (κ2) is 13.3. The van der Waals surface area contributed by atoms with Crippen LogP contribution in [0.4, 0.5) is 4.39 Å². The van der Waals surface area contributed by atoms with E-state index in [1.165, 1.54) is 53.3 Å². The Balaban J connectivity index is 1.20. The van der Waals surface area contributed by atoms with Gasteiger partial charge in [0.05, 0.1) is 30.8 Å². The van der Waals surface area contributed by atoms with Gasteiger partial charge in [0, 0.05) is 53.1 Å². The molecular weight excluding hydrogens is 683 g/mol. The molecule has 2 aromatic heterocycles. The molecule has 2 aliphatic heterocycles. The summed E-state index contributed by atoms with van der Waals surface area (Å²) >= 11 is 7.83. The lowest BCUT2D eigenvalue weighted by molar-refractivity contribution is -0.164. The largest absolute Gasteiger partial charge is 0.466 e. The molecule has 0 radical (unpaired) electrons. The number of ether oxygens (including phenoxy) is 2. The molecule has 1 aliphatic carbocycles. The molecule has 0 amide bonds. The van der Waals surface area contributed by atoms with Gasteiger partial charge in [-0.2, -0.15) is 9.40 Å². The van der Waals surface area contributed by atoms with E-state index in [1.54, 1.807) is 16.3 Å². The Labute approximate surface area is 287 Å². The zero-order chi connectivity index (χ0) is 34.4. The number of thiazole rings is 1. The fourth-order valence-corrected chi connectivity index (χ4v) is 8.46. The number of esters is 2. The van der Waals surface area contributed by atoms with Crippen LogP contribution in [-0.2, 0) is 29.1 Å². The van der Waals surface area contributed by atoms with Crippen LogP contribution in [-0.4, -0.2) is 71.1 Å². The molecule has 1 unspecified atom stereocenters. The topological polar surface area (TPSA) is 145 Å². The first-order valence-corrected chi connectivity index (χ1v) is 18.2. The Morgan fingerprint density at radius 3 is 2.52 bits per heavy atom. The molecule has 12 nitrogen and oxygen atoms in total. The number of nitrogens with one attached hydrogen (secondary N) is 1. The second-order valence-corrected chi connectivity index (χ2v) is 16.3. The third-order valence-corrected chi connectivity index (χ3v) is 11.6. The number of hydrogen-bond donors (Lipinski definition) is 1. The van der Waals surface area contributed by atoms with Gasteiger partial charge in [-0.15, -0.1) is 11.3 Å². The van der Waals surface area contributed by atoms with Crippen molar-refractivity contribution in [3.63, 3.8) is 0 Å². The first kappa shape index (κ1) is 34.2. The van der Waals surface area contributed by atoms with Crippen LogP contribution in [0.15, 0.2) is 63.3 Å². The predicted octanol–water partition coefficient (Wildman–Crippen LogP) is 5.04. The van der Waals surface area contributed by atoms with Gasteiger partial charge in [0.15, 0.2) is 10.8 Å². The molecule has 256 valence electrons. The van der Waals surface area contributed by atoms with Crippen LogP contribution in [0.3, 0.4) is 0 Å². The summed E-state index contributed by atoms with van der Waals surface area (Å²) in [4.78, 5) is 34.9. The fourth-order valence-electron chi connectivity index (χ4n) is 6.19. The molecule has 0 bridgehead atoms. The fraction of sp³-hybridized carbons (Fsp3) is 0.469. The summed E-state index contributed by atoms with van der Waals surface area (Å²) in [6, 6.07) is 2.92. The van der Waals surface area contributed by atoms with Crippen LogP contribution in [0, 0.1) is 17.7 Å². The van der Waals surface area contributed by atoms with Gasteiger partial charge in [-0.25, -0.2) is 22.6 Å². The van der Waals surface area contributed by atoms with Gasteiger partial charge >= 0.3 is 11.9 Å². The van der Waals surface area contributed by atoms with E-state index in [1.807, 2.05) is 20.8 Å². The molecule has 6 rings (SSSR count). The minimum atomic E-state index is -3.87. The van der Waals surface area contributed by atoms with Crippen molar-refractivity contribution in [2.75, 3.05) is 20.2 Å². The molecule has 1 aromatic carbocycles. The van der Waals surface area contributed by atoms with Gasteiger partial charge in [-0.05, 0) is 58.6 Å². The molecule has 0 spiro atoms. The molecule has 1 saturated carbocycles. The van der Waals surface area contributed by atoms with Gasteiger partial charge in [0.1, 0.15) is 22.4 Å². The Morgan fingerprint density at radius 2 is 1.90 bits per heavy atom. The average molecular weight is 719 g/mol. The van der Waals surface area contributed by atoms with Crippen molar-refractivity contribution in [1.29, 1.82) is 0 Å². The minimum absolute atomic E-state index is 0.0797. The lowest BCUT2D eigenvalue weighted by atomic mass is 9.80. The maximum absolute atomic E-state index is 14.0. The van der Waals surface area contributed by atoms with Crippen molar-refractivity contribution in [2.24, 2.45) is 16.8 Å². The summed E-state index contributed by atoms with van der Waals surface area (Å²) in [5.74, 6) is -1.49. The van der Waals surface area contributed by atoms with Gasteiger partial charge in [-0.3, -0.25) is 14.5 Å². The van der Waals surface area contributed by atoms with Gasteiger partial charge < -0.3 is 14.8 Å². The SMILES string of the molecule is COC(=O)C1=C(C2CCN(S(=O)(=O)c3cnn([C@H]4C[C@H](C(=O)OC(C)(C)C)C4)c3)CC2)NC(c2nccs2)=NC1c1ccc(F)cc1Cl. The quantitative estimate of drug-likeness (QED) is 0.317. The van der Waals surface area contributed by atoms with E-state index >= 15 is 0 Å². The number of sulfonamides is 1. The maximum atomic E-state index is 14.0. The van der Waals surface area contributed by atoms with Crippen molar-refractivity contribution in [3.8, 4) is 0 Å². The van der Waals surface area contributed by atoms with Gasteiger partial charge in [0.2, 0.25) is 10.0 Å². The summed E-state index contributed by atoms with van der Waals surface area (Å²) in [7, 11) is -2.60. The third-order valence-electron chi connectivity index (χ3n) is 8.68. The molecular formula is C32H36ClFN6O6S2. The normalized spacial score (nSPS) is 22.5. The number of benzene rings is 1. The van der Waals surface area contributed by atoms with Crippen molar-refractivity contribution >= 4 is 50.7 Å². The lowest BCUT2D eigenvalue weighted by Gasteiger charge is -2.36. The Bertz CT molecular complexity index is 1870. The average Bonchev–Trinajstić information content (AvgIpc) is 3.72. The summed E-state index contributed by atoms with van der Waals surface area (Å²) in [6.45, 7) is 5.85. The first-order valence-electron chi connectivity index (χ1n) is 15.5. The molecule has 2 fully saturated rings. The summed E-state index contributed by atoms with van der Waals surface area (Å²) in [5, 5.41) is 10.1. The van der Waals surface area contributed by atoms with Crippen LogP contribution in [0.25, 0.3) is 0 Å².